The van der Waals surface area contributed by atoms with E-state index in [4.69, 9.17) is 0 Å². The van der Waals surface area contributed by atoms with Crippen LogP contribution in [0.2, 0.25) is 0 Å². The van der Waals surface area contributed by atoms with E-state index in [1.807, 2.05) is 18.2 Å². The van der Waals surface area contributed by atoms with E-state index < -0.39 is 35.6 Å². The average Bonchev–Trinajstić information content (AvgIpc) is 2.74. The Bertz CT molecular complexity index is 932. The van der Waals surface area contributed by atoms with E-state index in [9.17, 15) is 22.8 Å². The lowest BCUT2D eigenvalue weighted by molar-refractivity contribution is -0.886. The van der Waals surface area contributed by atoms with Crippen LogP contribution in [-0.2, 0) is 9.59 Å². The Morgan fingerprint density at radius 1 is 0.966 bits per heavy atom. The number of nitrogens with one attached hydrogen (secondary N) is 3. The summed E-state index contributed by atoms with van der Waals surface area (Å²) in [6, 6.07) is 11.7. The zero-order chi connectivity index (χ0) is 20.8. The molecule has 0 saturated carbocycles. The molecule has 29 heavy (non-hydrogen) atoms. The highest BCUT2D eigenvalue weighted by atomic mass is 19.2. The Hall–Kier alpha value is -3.13. The predicted octanol–water partition coefficient (Wildman–Crippen LogP) is 1.53. The minimum absolute atomic E-state index is 0.200. The number of hydrogen-bond donors (Lipinski definition) is 3. The molecule has 2 aromatic rings. The molecule has 1 aliphatic rings. The summed E-state index contributed by atoms with van der Waals surface area (Å²) in [4.78, 5) is 25.0. The monoisotopic (exact) mass is 404 g/mol. The third kappa shape index (κ3) is 5.45. The first-order chi connectivity index (χ1) is 13.9. The van der Waals surface area contributed by atoms with Gasteiger partial charge in [-0.1, -0.05) is 30.3 Å². The second-order valence-corrected chi connectivity index (χ2v) is 6.77. The van der Waals surface area contributed by atoms with Crippen LogP contribution in [0.5, 0.6) is 0 Å². The van der Waals surface area contributed by atoms with Gasteiger partial charge >= 0.3 is 0 Å². The number of benzene rings is 2. The standard InChI is InChI=1S/C21H20F3N3O2/c22-16-6-7-17(21(24)20(16)23)26-18(28)12-25-19(29)13-27-10-8-15(9-11-27)14-4-2-1-3-5-14/h1-8H,9-13H2,(H,25,29)(H,26,28)/p+1. The van der Waals surface area contributed by atoms with Crippen molar-refractivity contribution in [3.63, 3.8) is 0 Å². The number of anilines is 1. The van der Waals surface area contributed by atoms with Gasteiger partial charge in [0, 0.05) is 6.42 Å². The lowest BCUT2D eigenvalue weighted by Gasteiger charge is -2.23. The van der Waals surface area contributed by atoms with E-state index >= 15 is 0 Å². The molecule has 152 valence electrons. The van der Waals surface area contributed by atoms with Crippen molar-refractivity contribution >= 4 is 23.1 Å². The van der Waals surface area contributed by atoms with Gasteiger partial charge in [0.15, 0.2) is 24.0 Å². The molecule has 0 aliphatic carbocycles. The van der Waals surface area contributed by atoms with Gasteiger partial charge in [0.2, 0.25) is 5.91 Å². The predicted molar refractivity (Wildman–Crippen MR) is 103 cm³/mol. The topological polar surface area (TPSA) is 62.6 Å². The average molecular weight is 404 g/mol. The van der Waals surface area contributed by atoms with Crippen molar-refractivity contribution in [2.75, 3.05) is 31.5 Å². The van der Waals surface area contributed by atoms with E-state index in [-0.39, 0.29) is 12.5 Å². The molecule has 1 aliphatic heterocycles. The van der Waals surface area contributed by atoms with Crippen molar-refractivity contribution < 1.29 is 27.7 Å². The second-order valence-electron chi connectivity index (χ2n) is 6.77. The quantitative estimate of drug-likeness (QED) is 0.640. The van der Waals surface area contributed by atoms with E-state index in [1.54, 1.807) is 0 Å². The van der Waals surface area contributed by atoms with Crippen LogP contribution in [0.4, 0.5) is 18.9 Å². The van der Waals surface area contributed by atoms with Gasteiger partial charge in [0.05, 0.1) is 25.3 Å². The molecule has 3 N–H and O–H groups in total. The maximum atomic E-state index is 13.6. The van der Waals surface area contributed by atoms with Crippen molar-refractivity contribution in [2.24, 2.45) is 0 Å². The first-order valence-electron chi connectivity index (χ1n) is 9.22. The second kappa shape index (κ2) is 9.38. The summed E-state index contributed by atoms with van der Waals surface area (Å²) >= 11 is 0. The fraction of sp³-hybridized carbons (Fsp3) is 0.238. The number of amides is 2. The highest BCUT2D eigenvalue weighted by Gasteiger charge is 2.20. The molecular formula is C21H21F3N3O2+. The van der Waals surface area contributed by atoms with Gasteiger partial charge in [-0.25, -0.2) is 13.2 Å². The molecule has 0 bridgehead atoms. The van der Waals surface area contributed by atoms with Crippen LogP contribution in [0, 0.1) is 17.5 Å². The van der Waals surface area contributed by atoms with Crippen LogP contribution < -0.4 is 15.5 Å². The molecular weight excluding hydrogens is 383 g/mol. The van der Waals surface area contributed by atoms with E-state index in [0.29, 0.717) is 12.6 Å². The summed E-state index contributed by atoms with van der Waals surface area (Å²) in [6.07, 6.45) is 2.96. The van der Waals surface area contributed by atoms with Gasteiger partial charge < -0.3 is 15.5 Å². The minimum Gasteiger partial charge on any atom is -0.342 e. The van der Waals surface area contributed by atoms with E-state index in [2.05, 4.69) is 28.8 Å². The summed E-state index contributed by atoms with van der Waals surface area (Å²) in [6.45, 7) is 1.30. The van der Waals surface area contributed by atoms with Crippen LogP contribution in [-0.4, -0.2) is 38.0 Å². The van der Waals surface area contributed by atoms with Crippen LogP contribution in [0.1, 0.15) is 12.0 Å². The summed E-state index contributed by atoms with van der Waals surface area (Å²) in [5, 5.41) is 4.57. The molecule has 0 aromatic heterocycles. The third-order valence-corrected chi connectivity index (χ3v) is 4.70. The Labute approximate surface area is 166 Å². The van der Waals surface area contributed by atoms with Crippen LogP contribution in [0.25, 0.3) is 5.57 Å². The van der Waals surface area contributed by atoms with Gasteiger partial charge in [-0.3, -0.25) is 9.59 Å². The van der Waals surface area contributed by atoms with Crippen molar-refractivity contribution in [3.8, 4) is 0 Å². The van der Waals surface area contributed by atoms with Crippen molar-refractivity contribution in [3.05, 3.63) is 71.6 Å². The number of rotatable bonds is 6. The largest absolute Gasteiger partial charge is 0.342 e. The molecule has 3 rings (SSSR count). The molecule has 2 amide bonds. The molecule has 0 radical (unpaired) electrons. The van der Waals surface area contributed by atoms with Gasteiger partial charge in [0.1, 0.15) is 0 Å². The van der Waals surface area contributed by atoms with Crippen LogP contribution >= 0.6 is 0 Å². The molecule has 0 saturated heterocycles. The molecule has 5 nitrogen and oxygen atoms in total. The molecule has 1 unspecified atom stereocenters. The van der Waals surface area contributed by atoms with Crippen molar-refractivity contribution in [2.45, 2.75) is 6.42 Å². The lowest BCUT2D eigenvalue weighted by Crippen LogP contribution is -3.13. The van der Waals surface area contributed by atoms with E-state index in [0.717, 1.165) is 23.9 Å². The van der Waals surface area contributed by atoms with Crippen molar-refractivity contribution in [1.82, 2.24) is 5.32 Å². The molecule has 0 spiro atoms. The number of halogens is 3. The normalized spacial score (nSPS) is 16.1. The maximum Gasteiger partial charge on any atom is 0.275 e. The summed E-state index contributed by atoms with van der Waals surface area (Å²) in [5.41, 5.74) is 1.95. The third-order valence-electron chi connectivity index (χ3n) is 4.70. The van der Waals surface area contributed by atoms with Crippen molar-refractivity contribution in [1.29, 1.82) is 0 Å². The van der Waals surface area contributed by atoms with Gasteiger partial charge in [0.25, 0.3) is 5.91 Å². The first-order valence-corrected chi connectivity index (χ1v) is 9.22. The van der Waals surface area contributed by atoms with Gasteiger partial charge in [-0.15, -0.1) is 0 Å². The molecule has 8 heteroatoms. The Kier molecular flexibility index (Phi) is 6.66. The Balaban J connectivity index is 1.44. The zero-order valence-corrected chi connectivity index (χ0v) is 15.6. The van der Waals surface area contributed by atoms with Crippen LogP contribution in [0.15, 0.2) is 48.5 Å². The highest BCUT2D eigenvalue weighted by Crippen LogP contribution is 2.19. The van der Waals surface area contributed by atoms with Gasteiger partial charge in [-0.2, -0.15) is 0 Å². The molecule has 1 heterocycles. The smallest absolute Gasteiger partial charge is 0.275 e. The molecule has 2 aromatic carbocycles. The van der Waals surface area contributed by atoms with Crippen LogP contribution in [0.3, 0.4) is 0 Å². The Morgan fingerprint density at radius 3 is 2.41 bits per heavy atom. The number of carbonyl (C=O) groups is 2. The summed E-state index contributed by atoms with van der Waals surface area (Å²) in [5.74, 6) is -5.55. The lowest BCUT2D eigenvalue weighted by atomic mass is 10.00. The van der Waals surface area contributed by atoms with E-state index in [1.165, 1.54) is 11.1 Å². The number of carbonyl (C=O) groups excluding carboxylic acids is 2. The fourth-order valence-electron chi connectivity index (χ4n) is 3.14. The fourth-order valence-corrected chi connectivity index (χ4v) is 3.14. The summed E-state index contributed by atoms with van der Waals surface area (Å²) in [7, 11) is 0. The Morgan fingerprint density at radius 2 is 1.72 bits per heavy atom. The number of hydrogen-bond acceptors (Lipinski definition) is 2. The first kappa shape index (κ1) is 20.6. The zero-order valence-electron chi connectivity index (χ0n) is 15.6. The highest BCUT2D eigenvalue weighted by molar-refractivity contribution is 5.94. The van der Waals surface area contributed by atoms with Gasteiger partial charge in [-0.05, 0) is 29.3 Å². The summed E-state index contributed by atoms with van der Waals surface area (Å²) < 4.78 is 39.6. The maximum absolute atomic E-state index is 13.6. The minimum atomic E-state index is -1.66. The molecule has 1 atom stereocenters. The SMILES string of the molecule is O=C(C[NH+]1CC=C(c2ccccc2)CC1)NCC(=O)Nc1ccc(F)c(F)c1F. The molecule has 0 fully saturated rings. The number of quaternary nitrogens is 1.